The summed E-state index contributed by atoms with van der Waals surface area (Å²) in [5, 5.41) is 3.46. The fourth-order valence-corrected chi connectivity index (χ4v) is 2.61. The van der Waals surface area contributed by atoms with Gasteiger partial charge in [-0.3, -0.25) is 0 Å². The van der Waals surface area contributed by atoms with E-state index in [4.69, 9.17) is 0 Å². The number of anilines is 1. The van der Waals surface area contributed by atoms with Gasteiger partial charge in [-0.1, -0.05) is 25.1 Å². The normalized spacial score (nSPS) is 18.9. The van der Waals surface area contributed by atoms with Crippen molar-refractivity contribution in [2.45, 2.75) is 45.2 Å². The van der Waals surface area contributed by atoms with Crippen LogP contribution in [-0.2, 0) is 6.54 Å². The lowest BCUT2D eigenvalue weighted by Crippen LogP contribution is -2.29. The second-order valence-electron chi connectivity index (χ2n) is 5.74. The summed E-state index contributed by atoms with van der Waals surface area (Å²) in [5.74, 6) is 0.970. The Kier molecular flexibility index (Phi) is 3.55. The molecule has 2 fully saturated rings. The third-order valence-corrected chi connectivity index (χ3v) is 4.01. The van der Waals surface area contributed by atoms with Crippen LogP contribution in [0.4, 0.5) is 5.69 Å². The molecule has 98 valence electrons. The van der Waals surface area contributed by atoms with Crippen molar-refractivity contribution in [1.29, 1.82) is 0 Å². The minimum atomic E-state index is 0.827. The standard InChI is InChI=1S/C16H24N2/c1-2-17-11-14-5-3-4-6-16(14)18(15-9-10-15)12-13-7-8-13/h3-6,13,15,17H,2,7-12H2,1H3. The van der Waals surface area contributed by atoms with E-state index in [9.17, 15) is 0 Å². The molecule has 2 saturated carbocycles. The molecule has 2 heteroatoms. The summed E-state index contributed by atoms with van der Waals surface area (Å²) in [5.41, 5.74) is 2.94. The van der Waals surface area contributed by atoms with Crippen molar-refractivity contribution in [3.63, 3.8) is 0 Å². The van der Waals surface area contributed by atoms with Gasteiger partial charge in [-0.15, -0.1) is 0 Å². The Balaban J connectivity index is 1.78. The molecule has 2 nitrogen and oxygen atoms in total. The van der Waals surface area contributed by atoms with Crippen LogP contribution >= 0.6 is 0 Å². The van der Waals surface area contributed by atoms with Gasteiger partial charge < -0.3 is 10.2 Å². The van der Waals surface area contributed by atoms with Gasteiger partial charge in [-0.2, -0.15) is 0 Å². The van der Waals surface area contributed by atoms with Gasteiger partial charge in [0.2, 0.25) is 0 Å². The van der Waals surface area contributed by atoms with Gasteiger partial charge >= 0.3 is 0 Å². The molecule has 0 saturated heterocycles. The quantitative estimate of drug-likeness (QED) is 0.792. The smallest absolute Gasteiger partial charge is 0.0414 e. The minimum absolute atomic E-state index is 0.827. The van der Waals surface area contributed by atoms with Crippen LogP contribution in [0.15, 0.2) is 24.3 Å². The molecular formula is C16H24N2. The zero-order chi connectivity index (χ0) is 12.4. The molecule has 0 aromatic heterocycles. The Labute approximate surface area is 110 Å². The summed E-state index contributed by atoms with van der Waals surface area (Å²) in [6.07, 6.45) is 5.67. The maximum absolute atomic E-state index is 3.46. The maximum Gasteiger partial charge on any atom is 0.0414 e. The van der Waals surface area contributed by atoms with Crippen LogP contribution in [-0.4, -0.2) is 19.1 Å². The summed E-state index contributed by atoms with van der Waals surface area (Å²) >= 11 is 0. The summed E-state index contributed by atoms with van der Waals surface area (Å²) in [6, 6.07) is 9.77. The Morgan fingerprint density at radius 3 is 2.61 bits per heavy atom. The highest BCUT2D eigenvalue weighted by atomic mass is 15.2. The topological polar surface area (TPSA) is 15.3 Å². The Morgan fingerprint density at radius 1 is 1.17 bits per heavy atom. The van der Waals surface area contributed by atoms with Gasteiger partial charge in [0.1, 0.15) is 0 Å². The predicted octanol–water partition coefficient (Wildman–Crippen LogP) is 3.17. The van der Waals surface area contributed by atoms with Gasteiger partial charge in [0.25, 0.3) is 0 Å². The summed E-state index contributed by atoms with van der Waals surface area (Å²) in [4.78, 5) is 2.68. The van der Waals surface area contributed by atoms with Gasteiger partial charge in [0.05, 0.1) is 0 Å². The minimum Gasteiger partial charge on any atom is -0.368 e. The Bertz CT molecular complexity index is 394. The van der Waals surface area contributed by atoms with Crippen LogP contribution in [0.25, 0.3) is 0 Å². The zero-order valence-corrected chi connectivity index (χ0v) is 11.4. The Hall–Kier alpha value is -1.02. The number of benzene rings is 1. The number of nitrogens with one attached hydrogen (secondary N) is 1. The van der Waals surface area contributed by atoms with Crippen LogP contribution in [0.1, 0.15) is 38.2 Å². The largest absolute Gasteiger partial charge is 0.368 e. The molecule has 18 heavy (non-hydrogen) atoms. The van der Waals surface area contributed by atoms with E-state index in [1.54, 1.807) is 0 Å². The first-order valence-electron chi connectivity index (χ1n) is 7.43. The molecule has 0 radical (unpaired) electrons. The number of hydrogen-bond acceptors (Lipinski definition) is 2. The van der Waals surface area contributed by atoms with E-state index in [1.165, 1.54) is 43.5 Å². The molecule has 2 aliphatic rings. The van der Waals surface area contributed by atoms with E-state index < -0.39 is 0 Å². The monoisotopic (exact) mass is 244 g/mol. The van der Waals surface area contributed by atoms with Crippen molar-refractivity contribution in [2.24, 2.45) is 5.92 Å². The van der Waals surface area contributed by atoms with E-state index >= 15 is 0 Å². The summed E-state index contributed by atoms with van der Waals surface area (Å²) in [7, 11) is 0. The average molecular weight is 244 g/mol. The Morgan fingerprint density at radius 2 is 1.94 bits per heavy atom. The number of nitrogens with zero attached hydrogens (tertiary/aromatic N) is 1. The van der Waals surface area contributed by atoms with Crippen LogP contribution in [0, 0.1) is 5.92 Å². The molecule has 0 aliphatic heterocycles. The van der Waals surface area contributed by atoms with Gasteiger partial charge in [-0.05, 0) is 49.8 Å². The molecule has 1 N–H and O–H groups in total. The predicted molar refractivity (Wildman–Crippen MR) is 76.9 cm³/mol. The molecule has 1 aromatic carbocycles. The van der Waals surface area contributed by atoms with Crippen molar-refractivity contribution in [3.8, 4) is 0 Å². The lowest BCUT2D eigenvalue weighted by atomic mass is 10.1. The maximum atomic E-state index is 3.46. The molecule has 0 bridgehead atoms. The molecular weight excluding hydrogens is 220 g/mol. The number of para-hydroxylation sites is 1. The first-order chi connectivity index (χ1) is 8.88. The second kappa shape index (κ2) is 5.31. The molecule has 1 aromatic rings. The highest BCUT2D eigenvalue weighted by molar-refractivity contribution is 5.55. The summed E-state index contributed by atoms with van der Waals surface area (Å²) in [6.45, 7) is 5.50. The third-order valence-electron chi connectivity index (χ3n) is 4.01. The first kappa shape index (κ1) is 12.0. The fourth-order valence-electron chi connectivity index (χ4n) is 2.61. The highest BCUT2D eigenvalue weighted by Crippen LogP contribution is 2.38. The molecule has 0 atom stereocenters. The van der Waals surface area contributed by atoms with Gasteiger partial charge in [-0.25, -0.2) is 0 Å². The van der Waals surface area contributed by atoms with E-state index in [1.807, 2.05) is 0 Å². The lowest BCUT2D eigenvalue weighted by Gasteiger charge is -2.27. The molecule has 0 spiro atoms. The van der Waals surface area contributed by atoms with E-state index in [0.717, 1.165) is 25.0 Å². The van der Waals surface area contributed by atoms with Crippen molar-refractivity contribution >= 4 is 5.69 Å². The van der Waals surface area contributed by atoms with Crippen molar-refractivity contribution in [2.75, 3.05) is 18.0 Å². The van der Waals surface area contributed by atoms with Crippen molar-refractivity contribution in [3.05, 3.63) is 29.8 Å². The van der Waals surface area contributed by atoms with E-state index in [-0.39, 0.29) is 0 Å². The van der Waals surface area contributed by atoms with Gasteiger partial charge in [0, 0.05) is 24.8 Å². The molecule has 3 rings (SSSR count). The number of rotatable bonds is 7. The summed E-state index contributed by atoms with van der Waals surface area (Å²) < 4.78 is 0. The van der Waals surface area contributed by atoms with Crippen LogP contribution in [0.2, 0.25) is 0 Å². The van der Waals surface area contributed by atoms with E-state index in [2.05, 4.69) is 41.4 Å². The van der Waals surface area contributed by atoms with Crippen LogP contribution in [0.3, 0.4) is 0 Å². The molecule has 0 heterocycles. The second-order valence-corrected chi connectivity index (χ2v) is 5.74. The van der Waals surface area contributed by atoms with Crippen LogP contribution < -0.4 is 10.2 Å². The zero-order valence-electron chi connectivity index (χ0n) is 11.4. The average Bonchev–Trinajstić information content (AvgIpc) is 3.27. The molecule has 0 amide bonds. The fraction of sp³-hybridized carbons (Fsp3) is 0.625. The van der Waals surface area contributed by atoms with Crippen molar-refractivity contribution < 1.29 is 0 Å². The first-order valence-corrected chi connectivity index (χ1v) is 7.43. The molecule has 2 aliphatic carbocycles. The number of hydrogen-bond donors (Lipinski definition) is 1. The SMILES string of the molecule is CCNCc1ccccc1N(CC1CC1)C1CC1. The van der Waals surface area contributed by atoms with Crippen molar-refractivity contribution in [1.82, 2.24) is 5.32 Å². The molecule has 0 unspecified atom stereocenters. The third kappa shape index (κ3) is 2.86. The van der Waals surface area contributed by atoms with Gasteiger partial charge in [0.15, 0.2) is 0 Å². The van der Waals surface area contributed by atoms with E-state index in [0.29, 0.717) is 0 Å². The van der Waals surface area contributed by atoms with Crippen LogP contribution in [0.5, 0.6) is 0 Å². The highest BCUT2D eigenvalue weighted by Gasteiger charge is 2.34. The lowest BCUT2D eigenvalue weighted by molar-refractivity contribution is 0.694.